The number of ketones is 1. The maximum absolute atomic E-state index is 15.9. The van der Waals surface area contributed by atoms with E-state index < -0.39 is 39.8 Å². The van der Waals surface area contributed by atoms with E-state index in [-0.39, 0.29) is 40.6 Å². The minimum absolute atomic E-state index is 0.0000350. The van der Waals surface area contributed by atoms with E-state index in [9.17, 15) is 24.8 Å². The zero-order valence-electron chi connectivity index (χ0n) is 21.4. The summed E-state index contributed by atoms with van der Waals surface area (Å²) in [7, 11) is 0. The van der Waals surface area contributed by atoms with Gasteiger partial charge in [-0.25, -0.2) is 9.18 Å². The molecule has 0 spiro atoms. The molecule has 200 valence electrons. The summed E-state index contributed by atoms with van der Waals surface area (Å²) >= 11 is 6.26. The lowest BCUT2D eigenvalue weighted by molar-refractivity contribution is -0.385. The number of benzene rings is 3. The second-order valence-electron chi connectivity index (χ2n) is 9.62. The Bertz CT molecular complexity index is 1360. The van der Waals surface area contributed by atoms with Crippen LogP contribution in [-0.4, -0.2) is 32.3 Å². The summed E-state index contributed by atoms with van der Waals surface area (Å²) in [5.41, 5.74) is -0.981. The molecule has 0 unspecified atom stereocenters. The summed E-state index contributed by atoms with van der Waals surface area (Å²) in [4.78, 5) is 37.6. The van der Waals surface area contributed by atoms with Crippen molar-refractivity contribution >= 4 is 29.2 Å². The largest absolute Gasteiger partial charge is 0.482 e. The van der Waals surface area contributed by atoms with Crippen molar-refractivity contribution in [2.75, 3.05) is 0 Å². The highest BCUT2D eigenvalue weighted by molar-refractivity contribution is 6.35. The zero-order chi connectivity index (χ0) is 28.2. The molecule has 0 bridgehead atoms. The summed E-state index contributed by atoms with van der Waals surface area (Å²) in [5, 5.41) is 21.2. The van der Waals surface area contributed by atoms with Gasteiger partial charge >= 0.3 is 11.8 Å². The van der Waals surface area contributed by atoms with Crippen molar-refractivity contribution in [1.29, 1.82) is 0 Å². The first-order valence-corrected chi connectivity index (χ1v) is 12.2. The van der Waals surface area contributed by atoms with Crippen LogP contribution in [0, 0.1) is 15.9 Å². The number of carboxylic acid groups (broad SMARTS) is 1. The van der Waals surface area contributed by atoms with Crippen LogP contribution in [0.15, 0.2) is 60.7 Å². The van der Waals surface area contributed by atoms with Crippen LogP contribution in [0.1, 0.15) is 67.2 Å². The number of halogens is 2. The van der Waals surface area contributed by atoms with Crippen LogP contribution in [0.5, 0.6) is 5.75 Å². The number of nitro groups is 1. The molecule has 0 radical (unpaired) electrons. The molecule has 0 aliphatic heterocycles. The van der Waals surface area contributed by atoms with E-state index in [1.807, 2.05) is 6.07 Å². The van der Waals surface area contributed by atoms with Gasteiger partial charge in [0.05, 0.1) is 21.6 Å². The molecule has 0 fully saturated rings. The predicted molar refractivity (Wildman–Crippen MR) is 141 cm³/mol. The highest BCUT2D eigenvalue weighted by Gasteiger charge is 2.36. The highest BCUT2D eigenvalue weighted by atomic mass is 35.5. The summed E-state index contributed by atoms with van der Waals surface area (Å²) in [6.07, 6.45) is -0.993. The standard InChI is InChI=1S/C28H28ClFN2O6/c1-5-21(31(27(34)35)28(2,3)4)19-12-13-20(29)24(25(19)30)26(33)18-11-14-22(32(36)37)23(15-18)38-16-17-9-7-6-8-10-17/h6-15,21H,5,16H2,1-4H3,(H,34,35)/t21-/m1/s1. The van der Waals surface area contributed by atoms with E-state index >= 15 is 4.39 Å². The number of hydrogen-bond acceptors (Lipinski definition) is 5. The second kappa shape index (κ2) is 11.6. The Balaban J connectivity index is 2.06. The smallest absolute Gasteiger partial charge is 0.408 e. The van der Waals surface area contributed by atoms with E-state index in [4.69, 9.17) is 16.3 Å². The van der Waals surface area contributed by atoms with Crippen molar-refractivity contribution < 1.29 is 28.7 Å². The van der Waals surface area contributed by atoms with Gasteiger partial charge in [0.25, 0.3) is 0 Å². The van der Waals surface area contributed by atoms with Crippen LogP contribution < -0.4 is 4.74 Å². The summed E-state index contributed by atoms with van der Waals surface area (Å²) in [5.74, 6) is -1.93. The fourth-order valence-corrected chi connectivity index (χ4v) is 4.50. The topological polar surface area (TPSA) is 110 Å². The number of rotatable bonds is 9. The lowest BCUT2D eigenvalue weighted by atomic mass is 9.92. The average Bonchev–Trinajstić information content (AvgIpc) is 2.85. The van der Waals surface area contributed by atoms with E-state index in [0.29, 0.717) is 0 Å². The fraction of sp³-hybridized carbons (Fsp3) is 0.286. The molecule has 3 rings (SSSR count). The molecule has 1 N–H and O–H groups in total. The van der Waals surface area contributed by atoms with Gasteiger partial charge in [-0.3, -0.25) is 19.8 Å². The normalized spacial score (nSPS) is 12.1. The number of hydrogen-bond donors (Lipinski definition) is 1. The van der Waals surface area contributed by atoms with Crippen LogP contribution >= 0.6 is 11.6 Å². The van der Waals surface area contributed by atoms with Crippen molar-refractivity contribution in [2.45, 2.75) is 52.3 Å². The van der Waals surface area contributed by atoms with E-state index in [2.05, 4.69) is 0 Å². The molecule has 8 nitrogen and oxygen atoms in total. The summed E-state index contributed by atoms with van der Waals surface area (Å²) in [6.45, 7) is 6.81. The Morgan fingerprint density at radius 1 is 1.13 bits per heavy atom. The van der Waals surface area contributed by atoms with Gasteiger partial charge in [0.2, 0.25) is 0 Å². The van der Waals surface area contributed by atoms with Gasteiger partial charge in [-0.2, -0.15) is 0 Å². The van der Waals surface area contributed by atoms with Crippen LogP contribution in [0.2, 0.25) is 5.02 Å². The number of carbonyl (C=O) groups is 2. The van der Waals surface area contributed by atoms with Crippen LogP contribution in [0.3, 0.4) is 0 Å². The Morgan fingerprint density at radius 2 is 1.79 bits per heavy atom. The molecular weight excluding hydrogens is 515 g/mol. The zero-order valence-corrected chi connectivity index (χ0v) is 22.2. The van der Waals surface area contributed by atoms with Crippen molar-refractivity contribution in [1.82, 2.24) is 4.90 Å². The van der Waals surface area contributed by atoms with Gasteiger partial charge in [-0.05, 0) is 51.0 Å². The van der Waals surface area contributed by atoms with Gasteiger partial charge < -0.3 is 9.84 Å². The van der Waals surface area contributed by atoms with Crippen LogP contribution in [-0.2, 0) is 6.61 Å². The minimum Gasteiger partial charge on any atom is -0.482 e. The van der Waals surface area contributed by atoms with Gasteiger partial charge in [0, 0.05) is 22.7 Å². The molecule has 0 aliphatic rings. The SMILES string of the molecule is CC[C@H](c1ccc(Cl)c(C(=O)c2ccc([N+](=O)[O-])c(OCc3ccccc3)c2)c1F)N(C(=O)O)C(C)(C)C. The molecule has 0 heterocycles. The van der Waals surface area contributed by atoms with Gasteiger partial charge in [0.1, 0.15) is 12.4 Å². The minimum atomic E-state index is -1.23. The Kier molecular flexibility index (Phi) is 8.73. The van der Waals surface area contributed by atoms with Gasteiger partial charge in [-0.1, -0.05) is 54.9 Å². The maximum atomic E-state index is 15.9. The highest BCUT2D eigenvalue weighted by Crippen LogP contribution is 2.37. The number of ether oxygens (including phenoxy) is 1. The van der Waals surface area contributed by atoms with E-state index in [1.165, 1.54) is 24.3 Å². The van der Waals surface area contributed by atoms with Gasteiger partial charge in [-0.15, -0.1) is 0 Å². The van der Waals surface area contributed by atoms with Crippen molar-refractivity contribution in [3.8, 4) is 5.75 Å². The molecule has 10 heteroatoms. The second-order valence-corrected chi connectivity index (χ2v) is 10.0. The lowest BCUT2D eigenvalue weighted by Crippen LogP contribution is -2.47. The molecule has 1 amide bonds. The Morgan fingerprint density at radius 3 is 2.34 bits per heavy atom. The van der Waals surface area contributed by atoms with Crippen LogP contribution in [0.4, 0.5) is 14.9 Å². The molecule has 0 aromatic heterocycles. The monoisotopic (exact) mass is 542 g/mol. The summed E-state index contributed by atoms with van der Waals surface area (Å²) < 4.78 is 21.6. The first kappa shape index (κ1) is 28.6. The number of carbonyl (C=O) groups excluding carboxylic acids is 1. The van der Waals surface area contributed by atoms with E-state index in [0.717, 1.165) is 16.5 Å². The van der Waals surface area contributed by atoms with E-state index in [1.54, 1.807) is 52.0 Å². The molecule has 3 aromatic rings. The van der Waals surface area contributed by atoms with Crippen molar-refractivity contribution in [3.63, 3.8) is 0 Å². The molecule has 0 aliphatic carbocycles. The average molecular weight is 543 g/mol. The Labute approximate surface area is 224 Å². The summed E-state index contributed by atoms with van der Waals surface area (Å²) in [6, 6.07) is 14.3. The number of nitro benzene ring substituents is 1. The fourth-order valence-electron chi connectivity index (χ4n) is 4.26. The molecule has 38 heavy (non-hydrogen) atoms. The third-order valence-electron chi connectivity index (χ3n) is 5.99. The quantitative estimate of drug-likeness (QED) is 0.171. The molecular formula is C28H28ClFN2O6. The van der Waals surface area contributed by atoms with Crippen molar-refractivity contribution in [3.05, 3.63) is 104 Å². The van der Waals surface area contributed by atoms with Crippen molar-refractivity contribution in [2.24, 2.45) is 0 Å². The van der Waals surface area contributed by atoms with Crippen LogP contribution in [0.25, 0.3) is 0 Å². The lowest BCUT2D eigenvalue weighted by Gasteiger charge is -2.39. The first-order chi connectivity index (χ1) is 17.9. The molecule has 3 aromatic carbocycles. The Hall–Kier alpha value is -3.98. The maximum Gasteiger partial charge on any atom is 0.408 e. The molecule has 1 atom stereocenters. The predicted octanol–water partition coefficient (Wildman–Crippen LogP) is 7.43. The number of amides is 1. The molecule has 0 saturated carbocycles. The third-order valence-corrected chi connectivity index (χ3v) is 6.31. The third kappa shape index (κ3) is 6.11. The van der Waals surface area contributed by atoms with Gasteiger partial charge in [0.15, 0.2) is 11.5 Å². The number of nitrogens with zero attached hydrogens (tertiary/aromatic N) is 2. The molecule has 0 saturated heterocycles. The first-order valence-electron chi connectivity index (χ1n) is 11.9.